The zero-order chi connectivity index (χ0) is 19.9. The maximum Gasteiger partial charge on any atom is 0.262 e. The van der Waals surface area contributed by atoms with E-state index in [2.05, 4.69) is 22.2 Å². The number of para-hydroxylation sites is 1. The minimum atomic E-state index is -4.00. The van der Waals surface area contributed by atoms with Crippen molar-refractivity contribution in [1.29, 1.82) is 0 Å². The van der Waals surface area contributed by atoms with E-state index in [1.807, 2.05) is 0 Å². The van der Waals surface area contributed by atoms with Crippen molar-refractivity contribution in [1.82, 2.24) is 0 Å². The summed E-state index contributed by atoms with van der Waals surface area (Å²) < 4.78 is 41.7. The highest BCUT2D eigenvalue weighted by atomic mass is 32.2. The Morgan fingerprint density at radius 2 is 1.89 bits per heavy atom. The summed E-state index contributed by atoms with van der Waals surface area (Å²) in [5.41, 5.74) is 0.797. The lowest BCUT2D eigenvalue weighted by molar-refractivity contribution is -0.120. The summed E-state index contributed by atoms with van der Waals surface area (Å²) in [7, 11) is -4.00. The van der Waals surface area contributed by atoms with E-state index in [9.17, 15) is 17.6 Å². The van der Waals surface area contributed by atoms with Crippen molar-refractivity contribution < 1.29 is 17.6 Å². The van der Waals surface area contributed by atoms with Crippen molar-refractivity contribution in [2.45, 2.75) is 24.7 Å². The molecule has 2 aliphatic carbocycles. The van der Waals surface area contributed by atoms with Crippen molar-refractivity contribution in [3.8, 4) is 0 Å². The number of amides is 1. The number of hydrogen-bond acceptors (Lipinski definition) is 3. The molecule has 0 saturated heterocycles. The number of rotatable bonds is 5. The molecular weight excluding hydrogens is 379 g/mol. The summed E-state index contributed by atoms with van der Waals surface area (Å²) in [6, 6.07) is 10.3. The monoisotopic (exact) mass is 400 g/mol. The predicted molar refractivity (Wildman–Crippen MR) is 106 cm³/mol. The number of carbonyl (C=O) groups is 1. The van der Waals surface area contributed by atoms with Gasteiger partial charge in [0.15, 0.2) is 0 Å². The number of sulfonamides is 1. The molecule has 5 nitrogen and oxygen atoms in total. The Kier molecular flexibility index (Phi) is 4.71. The molecule has 0 heterocycles. The highest BCUT2D eigenvalue weighted by Gasteiger charge is 2.39. The van der Waals surface area contributed by atoms with E-state index in [0.717, 1.165) is 12.8 Å². The topological polar surface area (TPSA) is 75.3 Å². The molecule has 2 aliphatic rings. The van der Waals surface area contributed by atoms with Crippen LogP contribution in [0.15, 0.2) is 59.5 Å². The van der Waals surface area contributed by atoms with Crippen LogP contribution in [0.5, 0.6) is 0 Å². The molecule has 0 aliphatic heterocycles. The normalized spacial score (nSPS) is 23.0. The van der Waals surface area contributed by atoms with Gasteiger partial charge >= 0.3 is 0 Å². The summed E-state index contributed by atoms with van der Waals surface area (Å²) in [5.74, 6) is -0.0856. The molecule has 4 rings (SSSR count). The number of allylic oxidation sites excluding steroid dienone is 2. The van der Waals surface area contributed by atoms with Gasteiger partial charge in [-0.25, -0.2) is 12.8 Å². The molecule has 0 spiro atoms. The molecule has 0 aromatic heterocycles. The van der Waals surface area contributed by atoms with Crippen molar-refractivity contribution in [2.75, 3.05) is 10.0 Å². The first-order chi connectivity index (χ1) is 13.3. The smallest absolute Gasteiger partial charge is 0.262 e. The summed E-state index contributed by atoms with van der Waals surface area (Å²) in [5, 5.41) is 2.84. The fourth-order valence-electron chi connectivity index (χ4n) is 4.03. The Hall–Kier alpha value is -2.67. The van der Waals surface area contributed by atoms with Crippen molar-refractivity contribution in [3.63, 3.8) is 0 Å². The molecule has 2 aromatic carbocycles. The summed E-state index contributed by atoms with van der Waals surface area (Å²) >= 11 is 0. The van der Waals surface area contributed by atoms with Gasteiger partial charge in [-0.3, -0.25) is 9.52 Å². The van der Waals surface area contributed by atoms with Crippen LogP contribution in [0.3, 0.4) is 0 Å². The third-order valence-electron chi connectivity index (χ3n) is 5.48. The van der Waals surface area contributed by atoms with Crippen LogP contribution in [0, 0.1) is 30.5 Å². The van der Waals surface area contributed by atoms with Crippen molar-refractivity contribution >= 4 is 27.3 Å². The Morgan fingerprint density at radius 1 is 1.11 bits per heavy atom. The highest BCUT2D eigenvalue weighted by molar-refractivity contribution is 7.92. The zero-order valence-corrected chi connectivity index (χ0v) is 16.2. The number of fused-ring (bicyclic) bond motifs is 2. The van der Waals surface area contributed by atoms with Gasteiger partial charge in [0, 0.05) is 11.6 Å². The fourth-order valence-corrected chi connectivity index (χ4v) is 5.37. The fraction of sp³-hybridized carbons (Fsp3) is 0.286. The van der Waals surface area contributed by atoms with Crippen LogP contribution in [-0.4, -0.2) is 14.3 Å². The van der Waals surface area contributed by atoms with Gasteiger partial charge in [-0.2, -0.15) is 0 Å². The molecule has 0 unspecified atom stereocenters. The molecule has 1 fully saturated rings. The van der Waals surface area contributed by atoms with Crippen LogP contribution in [0.2, 0.25) is 0 Å². The highest BCUT2D eigenvalue weighted by Crippen LogP contribution is 2.43. The van der Waals surface area contributed by atoms with Crippen LogP contribution in [0.1, 0.15) is 18.4 Å². The van der Waals surface area contributed by atoms with E-state index in [-0.39, 0.29) is 28.3 Å². The number of nitrogens with one attached hydrogen (secondary N) is 2. The van der Waals surface area contributed by atoms with Gasteiger partial charge in [-0.1, -0.05) is 30.4 Å². The average Bonchev–Trinajstić information content (AvgIpc) is 3.28. The van der Waals surface area contributed by atoms with Crippen LogP contribution in [0.4, 0.5) is 15.8 Å². The number of hydrogen-bond donors (Lipinski definition) is 2. The van der Waals surface area contributed by atoms with Gasteiger partial charge in [-0.05, 0) is 61.4 Å². The van der Waals surface area contributed by atoms with E-state index in [1.165, 1.54) is 24.3 Å². The molecule has 1 saturated carbocycles. The summed E-state index contributed by atoms with van der Waals surface area (Å²) in [6.07, 6.45) is 6.11. The molecule has 0 radical (unpaired) electrons. The first-order valence-electron chi connectivity index (χ1n) is 9.21. The van der Waals surface area contributed by atoms with E-state index in [4.69, 9.17) is 0 Å². The van der Waals surface area contributed by atoms with Crippen LogP contribution in [0.25, 0.3) is 0 Å². The van der Waals surface area contributed by atoms with E-state index >= 15 is 0 Å². The van der Waals surface area contributed by atoms with Gasteiger partial charge < -0.3 is 5.32 Å². The lowest BCUT2D eigenvalue weighted by Crippen LogP contribution is -2.26. The van der Waals surface area contributed by atoms with Gasteiger partial charge in [0.25, 0.3) is 10.0 Å². The Morgan fingerprint density at radius 3 is 2.57 bits per heavy atom. The lowest BCUT2D eigenvalue weighted by Gasteiger charge is -2.18. The second-order valence-electron chi connectivity index (χ2n) is 7.44. The number of aryl methyl sites for hydroxylation is 1. The Balaban J connectivity index is 1.56. The van der Waals surface area contributed by atoms with Crippen LogP contribution >= 0.6 is 0 Å². The lowest BCUT2D eigenvalue weighted by atomic mass is 9.93. The SMILES string of the molecule is Cc1ccc(NC(=O)[C@@H]2C[C@H]3C=C[C@H]2C3)cc1S(=O)(=O)Nc1ccccc1F. The standard InChI is InChI=1S/C21H21FN2O3S/c1-13-6-9-16(23-21(25)17-11-14-7-8-15(17)10-14)12-20(13)28(26,27)24-19-5-3-2-4-18(19)22/h2-9,12,14-15,17,24H,10-11H2,1H3,(H,23,25)/t14-,15-,17+/m0/s1. The first kappa shape index (κ1) is 18.7. The number of halogens is 1. The molecule has 3 atom stereocenters. The first-order valence-corrected chi connectivity index (χ1v) is 10.7. The number of carbonyl (C=O) groups excluding carboxylic acids is 1. The average molecular weight is 400 g/mol. The molecule has 7 heteroatoms. The molecule has 146 valence electrons. The van der Waals surface area contributed by atoms with Gasteiger partial charge in [-0.15, -0.1) is 0 Å². The third-order valence-corrected chi connectivity index (χ3v) is 6.99. The van der Waals surface area contributed by atoms with Gasteiger partial charge in [0.2, 0.25) is 5.91 Å². The third kappa shape index (κ3) is 3.54. The van der Waals surface area contributed by atoms with Gasteiger partial charge in [0.05, 0.1) is 10.6 Å². The number of anilines is 2. The zero-order valence-electron chi connectivity index (χ0n) is 15.4. The largest absolute Gasteiger partial charge is 0.326 e. The minimum Gasteiger partial charge on any atom is -0.326 e. The second-order valence-corrected chi connectivity index (χ2v) is 9.09. The molecule has 2 aromatic rings. The Bertz CT molecular complexity index is 1070. The minimum absolute atomic E-state index is 0.00129. The second kappa shape index (κ2) is 7.05. The molecule has 2 N–H and O–H groups in total. The summed E-state index contributed by atoms with van der Waals surface area (Å²) in [6.45, 7) is 1.65. The molecule has 28 heavy (non-hydrogen) atoms. The predicted octanol–water partition coefficient (Wildman–Crippen LogP) is 4.09. The van der Waals surface area contributed by atoms with Crippen LogP contribution in [-0.2, 0) is 14.8 Å². The maximum atomic E-state index is 13.8. The van der Waals surface area contributed by atoms with Crippen molar-refractivity contribution in [3.05, 3.63) is 66.0 Å². The van der Waals surface area contributed by atoms with Crippen LogP contribution < -0.4 is 10.0 Å². The molecular formula is C21H21FN2O3S. The molecule has 2 bridgehead atoms. The quantitative estimate of drug-likeness (QED) is 0.743. The van der Waals surface area contributed by atoms with Crippen molar-refractivity contribution in [2.24, 2.45) is 17.8 Å². The van der Waals surface area contributed by atoms with E-state index in [1.54, 1.807) is 25.1 Å². The summed E-state index contributed by atoms with van der Waals surface area (Å²) in [4.78, 5) is 12.6. The van der Waals surface area contributed by atoms with Gasteiger partial charge in [0.1, 0.15) is 5.82 Å². The Labute approximate surface area is 163 Å². The van der Waals surface area contributed by atoms with E-state index < -0.39 is 15.8 Å². The van der Waals surface area contributed by atoms with E-state index in [0.29, 0.717) is 17.2 Å². The maximum absolute atomic E-state index is 13.8. The molecule has 1 amide bonds. The number of benzene rings is 2.